The lowest BCUT2D eigenvalue weighted by Gasteiger charge is -2.33. The maximum Gasteiger partial charge on any atom is 0.317 e. The Morgan fingerprint density at radius 1 is 1.30 bits per heavy atom. The topological polar surface area (TPSA) is 75.7 Å². The molecule has 1 saturated heterocycles. The first-order valence-electron chi connectivity index (χ1n) is 7.85. The summed E-state index contributed by atoms with van der Waals surface area (Å²) >= 11 is 0. The molecule has 1 aromatic rings. The highest BCUT2D eigenvalue weighted by atomic mass is 32.2. The fourth-order valence-corrected chi connectivity index (χ4v) is 3.24. The zero-order valence-electron chi connectivity index (χ0n) is 13.6. The van der Waals surface area contributed by atoms with Crippen LogP contribution >= 0.6 is 0 Å². The number of benzene rings is 1. The van der Waals surface area contributed by atoms with Gasteiger partial charge >= 0.3 is 6.03 Å². The average molecular weight is 340 g/mol. The van der Waals surface area contributed by atoms with E-state index in [4.69, 9.17) is 4.74 Å². The Morgan fingerprint density at radius 2 is 2.00 bits per heavy atom. The number of piperidine rings is 1. The van der Waals surface area contributed by atoms with Crippen molar-refractivity contribution in [3.8, 4) is 5.75 Å². The summed E-state index contributed by atoms with van der Waals surface area (Å²) in [6.07, 6.45) is 4.45. The van der Waals surface area contributed by atoms with Crippen LogP contribution in [0.25, 0.3) is 0 Å². The largest absolute Gasteiger partial charge is 0.492 e. The molecule has 23 heavy (non-hydrogen) atoms. The Hall–Kier alpha value is -1.76. The van der Waals surface area contributed by atoms with Crippen molar-refractivity contribution in [3.05, 3.63) is 24.3 Å². The van der Waals surface area contributed by atoms with Gasteiger partial charge in [-0.3, -0.25) is 0 Å². The molecule has 0 saturated carbocycles. The van der Waals surface area contributed by atoms with Crippen molar-refractivity contribution >= 4 is 15.9 Å². The molecule has 0 unspecified atom stereocenters. The predicted molar refractivity (Wildman–Crippen MR) is 88.5 cm³/mol. The standard InChI is InChI=1S/C16H24N2O4S/c1-13-5-3-4-11-18(13)16(19)17-10-12-22-14-6-8-15(9-7-14)23(2,20)21/h6-9,13H,3-5,10-12H2,1-2H3,(H,17,19)/t13-/m1/s1. The number of amides is 2. The first kappa shape index (κ1) is 17.6. The molecule has 0 aliphatic carbocycles. The Labute approximate surface area is 137 Å². The van der Waals surface area contributed by atoms with Crippen molar-refractivity contribution in [2.75, 3.05) is 26.0 Å². The molecule has 7 heteroatoms. The van der Waals surface area contributed by atoms with E-state index >= 15 is 0 Å². The van der Waals surface area contributed by atoms with Crippen molar-refractivity contribution in [3.63, 3.8) is 0 Å². The smallest absolute Gasteiger partial charge is 0.317 e. The van der Waals surface area contributed by atoms with E-state index < -0.39 is 9.84 Å². The second-order valence-corrected chi connectivity index (χ2v) is 7.88. The van der Waals surface area contributed by atoms with Gasteiger partial charge in [0.2, 0.25) is 0 Å². The molecule has 1 heterocycles. The molecule has 1 aliphatic rings. The summed E-state index contributed by atoms with van der Waals surface area (Å²) in [6.45, 7) is 3.63. The molecule has 0 spiro atoms. The summed E-state index contributed by atoms with van der Waals surface area (Å²) in [4.78, 5) is 14.2. The lowest BCUT2D eigenvalue weighted by atomic mass is 10.0. The SMILES string of the molecule is C[C@@H]1CCCCN1C(=O)NCCOc1ccc(S(C)(=O)=O)cc1. The number of rotatable bonds is 5. The third kappa shape index (κ3) is 5.13. The minimum Gasteiger partial charge on any atom is -0.492 e. The van der Waals surface area contributed by atoms with E-state index in [2.05, 4.69) is 12.2 Å². The van der Waals surface area contributed by atoms with E-state index in [1.54, 1.807) is 12.1 Å². The zero-order chi connectivity index (χ0) is 16.9. The number of urea groups is 1. The van der Waals surface area contributed by atoms with Gasteiger partial charge in [-0.05, 0) is 50.5 Å². The predicted octanol–water partition coefficient (Wildman–Crippen LogP) is 2.05. The number of hydrogen-bond acceptors (Lipinski definition) is 4. The zero-order valence-corrected chi connectivity index (χ0v) is 14.4. The van der Waals surface area contributed by atoms with Gasteiger partial charge in [-0.25, -0.2) is 13.2 Å². The molecule has 2 amide bonds. The van der Waals surface area contributed by atoms with Crippen LogP contribution in [0.5, 0.6) is 5.75 Å². The molecule has 0 bridgehead atoms. The van der Waals surface area contributed by atoms with E-state index in [-0.39, 0.29) is 17.0 Å². The number of nitrogens with one attached hydrogen (secondary N) is 1. The van der Waals surface area contributed by atoms with Gasteiger partial charge in [0.25, 0.3) is 0 Å². The number of ether oxygens (including phenoxy) is 1. The molecule has 128 valence electrons. The van der Waals surface area contributed by atoms with E-state index in [1.165, 1.54) is 24.8 Å². The van der Waals surface area contributed by atoms with E-state index in [9.17, 15) is 13.2 Å². The Morgan fingerprint density at radius 3 is 2.61 bits per heavy atom. The molecular formula is C16H24N2O4S. The normalized spacial score (nSPS) is 18.5. The van der Waals surface area contributed by atoms with Crippen LogP contribution in [-0.2, 0) is 9.84 Å². The second-order valence-electron chi connectivity index (χ2n) is 5.86. The van der Waals surface area contributed by atoms with Gasteiger partial charge in [-0.2, -0.15) is 0 Å². The van der Waals surface area contributed by atoms with Crippen LogP contribution in [0.2, 0.25) is 0 Å². The second kappa shape index (κ2) is 7.68. The summed E-state index contributed by atoms with van der Waals surface area (Å²) in [5, 5.41) is 2.85. The van der Waals surface area contributed by atoms with Gasteiger partial charge in [0.1, 0.15) is 12.4 Å². The Balaban J connectivity index is 1.74. The quantitative estimate of drug-likeness (QED) is 0.833. The van der Waals surface area contributed by atoms with Gasteiger partial charge in [0, 0.05) is 18.8 Å². The summed E-state index contributed by atoms with van der Waals surface area (Å²) in [6, 6.07) is 6.49. The maximum absolute atomic E-state index is 12.1. The van der Waals surface area contributed by atoms with Gasteiger partial charge in [-0.15, -0.1) is 0 Å². The molecule has 2 rings (SSSR count). The first-order chi connectivity index (χ1) is 10.9. The molecule has 1 atom stereocenters. The summed E-state index contributed by atoms with van der Waals surface area (Å²) < 4.78 is 28.2. The van der Waals surface area contributed by atoms with E-state index in [0.29, 0.717) is 18.9 Å². The van der Waals surface area contributed by atoms with Crippen LogP contribution in [0.3, 0.4) is 0 Å². The number of carbonyl (C=O) groups excluding carboxylic acids is 1. The maximum atomic E-state index is 12.1. The lowest BCUT2D eigenvalue weighted by molar-refractivity contribution is 0.156. The van der Waals surface area contributed by atoms with Crippen LogP contribution in [-0.4, -0.2) is 51.3 Å². The molecule has 1 N–H and O–H groups in total. The van der Waals surface area contributed by atoms with Gasteiger partial charge in [-0.1, -0.05) is 0 Å². The van der Waals surface area contributed by atoms with Crippen molar-refractivity contribution in [2.24, 2.45) is 0 Å². The number of hydrogen-bond donors (Lipinski definition) is 1. The van der Waals surface area contributed by atoms with Crippen LogP contribution in [0.15, 0.2) is 29.2 Å². The third-order valence-electron chi connectivity index (χ3n) is 3.96. The highest BCUT2D eigenvalue weighted by Crippen LogP contribution is 2.17. The first-order valence-corrected chi connectivity index (χ1v) is 9.74. The van der Waals surface area contributed by atoms with Gasteiger partial charge in [0.05, 0.1) is 11.4 Å². The summed E-state index contributed by atoms with van der Waals surface area (Å²) in [5.41, 5.74) is 0. The average Bonchev–Trinajstić information content (AvgIpc) is 2.51. The summed E-state index contributed by atoms with van der Waals surface area (Å²) in [5.74, 6) is 0.581. The molecular weight excluding hydrogens is 316 g/mol. The fourth-order valence-electron chi connectivity index (χ4n) is 2.61. The fraction of sp³-hybridized carbons (Fsp3) is 0.562. The number of likely N-dealkylation sites (tertiary alicyclic amines) is 1. The Bertz CT molecular complexity index is 628. The van der Waals surface area contributed by atoms with Crippen molar-refractivity contribution in [2.45, 2.75) is 37.1 Å². The monoisotopic (exact) mass is 340 g/mol. The molecule has 1 fully saturated rings. The lowest BCUT2D eigenvalue weighted by Crippen LogP contribution is -2.48. The highest BCUT2D eigenvalue weighted by Gasteiger charge is 2.22. The molecule has 6 nitrogen and oxygen atoms in total. The van der Waals surface area contributed by atoms with Crippen molar-refractivity contribution < 1.29 is 17.9 Å². The van der Waals surface area contributed by atoms with Crippen LogP contribution in [0.1, 0.15) is 26.2 Å². The molecule has 1 aliphatic heterocycles. The molecule has 0 radical (unpaired) electrons. The van der Waals surface area contributed by atoms with Crippen LogP contribution in [0, 0.1) is 0 Å². The van der Waals surface area contributed by atoms with Crippen LogP contribution < -0.4 is 10.1 Å². The van der Waals surface area contributed by atoms with Gasteiger partial charge in [0.15, 0.2) is 9.84 Å². The van der Waals surface area contributed by atoms with E-state index in [0.717, 1.165) is 19.4 Å². The minimum absolute atomic E-state index is 0.0479. The van der Waals surface area contributed by atoms with Crippen molar-refractivity contribution in [1.82, 2.24) is 10.2 Å². The van der Waals surface area contributed by atoms with Gasteiger partial charge < -0.3 is 15.0 Å². The molecule has 0 aromatic heterocycles. The Kier molecular flexibility index (Phi) is 5.87. The number of nitrogens with zero attached hydrogens (tertiary/aromatic N) is 1. The molecule has 1 aromatic carbocycles. The minimum atomic E-state index is -3.19. The highest BCUT2D eigenvalue weighted by molar-refractivity contribution is 7.90. The van der Waals surface area contributed by atoms with Crippen molar-refractivity contribution in [1.29, 1.82) is 0 Å². The van der Waals surface area contributed by atoms with E-state index in [1.807, 2.05) is 4.90 Å². The summed E-state index contributed by atoms with van der Waals surface area (Å²) in [7, 11) is -3.19. The third-order valence-corrected chi connectivity index (χ3v) is 5.09. The number of sulfone groups is 1. The number of carbonyl (C=O) groups is 1. The van der Waals surface area contributed by atoms with Crippen LogP contribution in [0.4, 0.5) is 4.79 Å².